The molecule has 6 rings (SSSR count). The maximum absolute atomic E-state index is 13.7. The zero-order chi connectivity index (χ0) is 32.6. The average Bonchev–Trinajstić information content (AvgIpc) is 3.74. The Labute approximate surface area is 266 Å². The molecule has 236 valence electrons. The highest BCUT2D eigenvalue weighted by atomic mass is 16.5. The molecule has 1 fully saturated rings. The lowest BCUT2D eigenvalue weighted by atomic mass is 9.74. The van der Waals surface area contributed by atoms with Crippen LogP contribution in [0.5, 0.6) is 17.2 Å². The molecular weight excluding hydrogens is 586 g/mol. The average molecular weight is 622 g/mol. The summed E-state index contributed by atoms with van der Waals surface area (Å²) < 4.78 is 17.6. The Kier molecular flexibility index (Phi) is 7.95. The second-order valence-electron chi connectivity index (χ2n) is 12.4. The first-order chi connectivity index (χ1) is 21.9. The monoisotopic (exact) mass is 621 g/mol. The SMILES string of the molecule is Cc1noc(C(C(N)=O)(c2ccc(OCCN3CC3)cc2)c2nc(C(=O)O)cc3cc(Oc4ccc(C(C)(C)C)cc4)ccc23)n1. The minimum absolute atomic E-state index is 0.0103. The molecule has 1 aliphatic heterocycles. The molecule has 5 aromatic rings. The van der Waals surface area contributed by atoms with E-state index < -0.39 is 17.3 Å². The van der Waals surface area contributed by atoms with E-state index in [-0.39, 0.29) is 28.5 Å². The van der Waals surface area contributed by atoms with Crippen molar-refractivity contribution in [1.29, 1.82) is 0 Å². The zero-order valence-electron chi connectivity index (χ0n) is 26.1. The lowest BCUT2D eigenvalue weighted by Crippen LogP contribution is -2.45. The van der Waals surface area contributed by atoms with Gasteiger partial charge < -0.3 is 24.8 Å². The molecule has 0 saturated carbocycles. The fourth-order valence-electron chi connectivity index (χ4n) is 5.42. The summed E-state index contributed by atoms with van der Waals surface area (Å²) in [5.41, 5.74) is 5.52. The number of ether oxygens (including phenoxy) is 2. The zero-order valence-corrected chi connectivity index (χ0v) is 26.1. The Morgan fingerprint density at radius 2 is 1.57 bits per heavy atom. The number of aromatic nitrogens is 3. The number of primary amides is 1. The number of hydrogen-bond acceptors (Lipinski definition) is 9. The van der Waals surface area contributed by atoms with Gasteiger partial charge in [0, 0.05) is 25.0 Å². The molecule has 46 heavy (non-hydrogen) atoms. The summed E-state index contributed by atoms with van der Waals surface area (Å²) in [6.07, 6.45) is 0. The van der Waals surface area contributed by atoms with Gasteiger partial charge in [0.05, 0.1) is 5.69 Å². The van der Waals surface area contributed by atoms with Crippen LogP contribution in [-0.4, -0.2) is 63.2 Å². The number of nitrogens with zero attached hydrogens (tertiary/aromatic N) is 4. The lowest BCUT2D eigenvalue weighted by Gasteiger charge is -2.28. The molecule has 0 spiro atoms. The molecule has 0 aliphatic carbocycles. The number of rotatable bonds is 11. The van der Waals surface area contributed by atoms with Gasteiger partial charge in [0.25, 0.3) is 5.89 Å². The first kappa shape index (κ1) is 30.7. The van der Waals surface area contributed by atoms with Crippen molar-refractivity contribution in [3.05, 3.63) is 107 Å². The molecule has 1 unspecified atom stereocenters. The van der Waals surface area contributed by atoms with Gasteiger partial charge in [0.1, 0.15) is 29.5 Å². The van der Waals surface area contributed by atoms with Crippen LogP contribution in [0, 0.1) is 6.92 Å². The van der Waals surface area contributed by atoms with Crippen molar-refractivity contribution in [2.75, 3.05) is 26.2 Å². The van der Waals surface area contributed by atoms with Crippen molar-refractivity contribution in [3.8, 4) is 17.2 Å². The van der Waals surface area contributed by atoms with Crippen LogP contribution in [0.3, 0.4) is 0 Å². The van der Waals surface area contributed by atoms with Crippen LogP contribution in [0.25, 0.3) is 10.8 Å². The number of carbonyl (C=O) groups excluding carboxylic acids is 1. The molecule has 0 bridgehead atoms. The van der Waals surface area contributed by atoms with Crippen LogP contribution in [0.1, 0.15) is 59.8 Å². The second kappa shape index (κ2) is 11.9. The largest absolute Gasteiger partial charge is 0.492 e. The Hall–Kier alpha value is -5.29. The highest BCUT2D eigenvalue weighted by Gasteiger charge is 2.50. The van der Waals surface area contributed by atoms with Crippen LogP contribution in [0.2, 0.25) is 0 Å². The van der Waals surface area contributed by atoms with Crippen LogP contribution < -0.4 is 15.2 Å². The molecule has 3 aromatic carbocycles. The number of carbonyl (C=O) groups is 2. The topological polar surface area (TPSA) is 154 Å². The molecule has 1 aliphatic rings. The summed E-state index contributed by atoms with van der Waals surface area (Å²) in [6, 6.07) is 21.2. The minimum Gasteiger partial charge on any atom is -0.492 e. The van der Waals surface area contributed by atoms with E-state index in [1.165, 1.54) is 6.07 Å². The van der Waals surface area contributed by atoms with Crippen molar-refractivity contribution in [1.82, 2.24) is 20.0 Å². The van der Waals surface area contributed by atoms with Gasteiger partial charge in [-0.25, -0.2) is 9.78 Å². The van der Waals surface area contributed by atoms with E-state index in [1.54, 1.807) is 49.4 Å². The smallest absolute Gasteiger partial charge is 0.354 e. The number of carboxylic acid groups (broad SMARTS) is 1. The van der Waals surface area contributed by atoms with Gasteiger partial charge in [0.15, 0.2) is 11.2 Å². The van der Waals surface area contributed by atoms with Crippen LogP contribution >= 0.6 is 0 Å². The first-order valence-electron chi connectivity index (χ1n) is 15.0. The van der Waals surface area contributed by atoms with Gasteiger partial charge in [-0.1, -0.05) is 50.2 Å². The van der Waals surface area contributed by atoms with Crippen molar-refractivity contribution >= 4 is 22.6 Å². The summed E-state index contributed by atoms with van der Waals surface area (Å²) in [5, 5.41) is 14.9. The van der Waals surface area contributed by atoms with E-state index in [0.29, 0.717) is 40.2 Å². The Morgan fingerprint density at radius 3 is 2.15 bits per heavy atom. The fraction of sp³-hybridized carbons (Fsp3) is 0.286. The molecule has 0 radical (unpaired) electrons. The molecule has 2 aromatic heterocycles. The quantitative estimate of drug-likeness (QED) is 0.188. The summed E-state index contributed by atoms with van der Waals surface area (Å²) in [5.74, 6) is -0.355. The van der Waals surface area contributed by atoms with Crippen LogP contribution in [0.4, 0.5) is 0 Å². The molecule has 1 atom stereocenters. The normalized spacial score (nSPS) is 14.5. The third-order valence-corrected chi connectivity index (χ3v) is 8.05. The number of pyridine rings is 1. The molecule has 3 N–H and O–H groups in total. The molecule has 1 saturated heterocycles. The lowest BCUT2D eigenvalue weighted by molar-refractivity contribution is -0.121. The summed E-state index contributed by atoms with van der Waals surface area (Å²) >= 11 is 0. The Balaban J connectivity index is 1.47. The van der Waals surface area contributed by atoms with E-state index in [0.717, 1.165) is 25.2 Å². The second-order valence-corrected chi connectivity index (χ2v) is 12.4. The standard InChI is InChI=1S/C35H35N5O6/c1-21-37-33(46-39-21)35(32(36)43,24-7-9-25(10-8-24)44-18-17-40-15-16-40)30-28-14-13-27(19-22(28)20-29(38-30)31(41)42)45-26-11-5-23(6-12-26)34(2,3)4/h5-14,19-20H,15-18H2,1-4H3,(H2,36,43)(H,41,42). The van der Waals surface area contributed by atoms with E-state index >= 15 is 0 Å². The van der Waals surface area contributed by atoms with Gasteiger partial charge in [-0.15, -0.1) is 0 Å². The summed E-state index contributed by atoms with van der Waals surface area (Å²) in [6.45, 7) is 11.5. The minimum atomic E-state index is -1.94. The number of fused-ring (bicyclic) bond motifs is 1. The highest BCUT2D eigenvalue weighted by molar-refractivity contribution is 6.01. The molecule has 11 heteroatoms. The molecule has 11 nitrogen and oxygen atoms in total. The van der Waals surface area contributed by atoms with E-state index in [1.807, 2.05) is 24.3 Å². The van der Waals surface area contributed by atoms with Gasteiger partial charge in [-0.3, -0.25) is 9.69 Å². The molecule has 3 heterocycles. The van der Waals surface area contributed by atoms with E-state index in [4.69, 9.17) is 19.7 Å². The first-order valence-corrected chi connectivity index (χ1v) is 15.0. The van der Waals surface area contributed by atoms with Crippen molar-refractivity contribution < 1.29 is 28.7 Å². The molecular formula is C35H35N5O6. The van der Waals surface area contributed by atoms with Gasteiger partial charge in [0.2, 0.25) is 5.91 Å². The van der Waals surface area contributed by atoms with E-state index in [9.17, 15) is 14.7 Å². The highest BCUT2D eigenvalue weighted by Crippen LogP contribution is 2.42. The van der Waals surface area contributed by atoms with Crippen molar-refractivity contribution in [3.63, 3.8) is 0 Å². The third-order valence-electron chi connectivity index (χ3n) is 8.05. The van der Waals surface area contributed by atoms with Gasteiger partial charge in [-0.05, 0) is 77.4 Å². The number of benzene rings is 3. The number of amides is 1. The molecule has 1 amide bonds. The van der Waals surface area contributed by atoms with Crippen LogP contribution in [0.15, 0.2) is 77.3 Å². The maximum atomic E-state index is 13.7. The Bertz CT molecular complexity index is 1910. The Morgan fingerprint density at radius 1 is 0.913 bits per heavy atom. The number of aromatic carboxylic acids is 1. The van der Waals surface area contributed by atoms with Crippen molar-refractivity contribution in [2.24, 2.45) is 5.73 Å². The van der Waals surface area contributed by atoms with Crippen molar-refractivity contribution in [2.45, 2.75) is 38.5 Å². The predicted octanol–water partition coefficient (Wildman–Crippen LogP) is 5.23. The van der Waals surface area contributed by atoms with E-state index in [2.05, 4.69) is 40.8 Å². The fourth-order valence-corrected chi connectivity index (χ4v) is 5.42. The third kappa shape index (κ3) is 6.01. The van der Waals surface area contributed by atoms with Crippen LogP contribution in [-0.2, 0) is 15.6 Å². The maximum Gasteiger partial charge on any atom is 0.354 e. The number of hydrogen-bond donors (Lipinski definition) is 2. The number of nitrogens with two attached hydrogens (primary N) is 1. The van der Waals surface area contributed by atoms with Gasteiger partial charge >= 0.3 is 5.97 Å². The number of aryl methyl sites for hydroxylation is 1. The van der Waals surface area contributed by atoms with Gasteiger partial charge in [-0.2, -0.15) is 4.98 Å². The summed E-state index contributed by atoms with van der Waals surface area (Å²) in [7, 11) is 0. The number of carboxylic acids is 1. The summed E-state index contributed by atoms with van der Waals surface area (Å²) in [4.78, 5) is 37.3. The predicted molar refractivity (Wildman–Crippen MR) is 170 cm³/mol.